The summed E-state index contributed by atoms with van der Waals surface area (Å²) < 4.78 is 0. The molecule has 1 heterocycles. The van der Waals surface area contributed by atoms with E-state index in [-0.39, 0.29) is 24.3 Å². The minimum Gasteiger partial charge on any atom is -0.341 e. The summed E-state index contributed by atoms with van der Waals surface area (Å²) in [5, 5.41) is 3.14. The van der Waals surface area contributed by atoms with E-state index in [9.17, 15) is 9.59 Å². The summed E-state index contributed by atoms with van der Waals surface area (Å²) in [6.45, 7) is 4.70. The maximum absolute atomic E-state index is 12.3. The number of likely N-dealkylation sites (N-methyl/N-ethyl adjacent to an activating group) is 1. The number of carbonyl (C=O) groups is 2. The maximum atomic E-state index is 12.3. The molecule has 1 unspecified atom stereocenters. The third kappa shape index (κ3) is 4.04. The summed E-state index contributed by atoms with van der Waals surface area (Å²) in [7, 11) is 1.78. The van der Waals surface area contributed by atoms with E-state index in [1.165, 1.54) is 0 Å². The molecule has 0 spiro atoms. The fourth-order valence-electron chi connectivity index (χ4n) is 2.54. The van der Waals surface area contributed by atoms with Gasteiger partial charge in [0.25, 0.3) is 0 Å². The highest BCUT2D eigenvalue weighted by molar-refractivity contribution is 5.88. The first-order valence-electron chi connectivity index (χ1n) is 7.42. The van der Waals surface area contributed by atoms with Crippen molar-refractivity contribution in [1.29, 1.82) is 0 Å². The molecule has 5 nitrogen and oxygen atoms in total. The number of nitrogens with one attached hydrogen (secondary N) is 1. The quantitative estimate of drug-likeness (QED) is 0.874. The molecular weight excluding hydrogens is 266 g/mol. The zero-order valence-electron chi connectivity index (χ0n) is 12.7. The van der Waals surface area contributed by atoms with Crippen molar-refractivity contribution in [2.75, 3.05) is 26.7 Å². The lowest BCUT2D eigenvalue weighted by molar-refractivity contribution is -0.140. The molecule has 1 atom stereocenters. The number of hydrogen-bond acceptors (Lipinski definition) is 3. The third-order valence-electron chi connectivity index (χ3n) is 3.83. The number of carbonyl (C=O) groups excluding carboxylic acids is 2. The Bertz CT molecular complexity index is 490. The van der Waals surface area contributed by atoms with E-state index in [2.05, 4.69) is 5.32 Å². The molecule has 2 amide bonds. The number of amides is 2. The lowest BCUT2D eigenvalue weighted by Crippen LogP contribution is -2.56. The Hall–Kier alpha value is -1.88. The summed E-state index contributed by atoms with van der Waals surface area (Å²) in [4.78, 5) is 27.9. The summed E-state index contributed by atoms with van der Waals surface area (Å²) in [5.41, 5.74) is 1.09. The Morgan fingerprint density at radius 2 is 2.10 bits per heavy atom. The first kappa shape index (κ1) is 15.5. The molecular formula is C16H23N3O2. The monoisotopic (exact) mass is 289 g/mol. The zero-order valence-corrected chi connectivity index (χ0v) is 12.7. The molecule has 21 heavy (non-hydrogen) atoms. The van der Waals surface area contributed by atoms with Crippen LogP contribution in [0.2, 0.25) is 0 Å². The van der Waals surface area contributed by atoms with Gasteiger partial charge in [-0.1, -0.05) is 30.3 Å². The van der Waals surface area contributed by atoms with Crippen LogP contribution in [0.15, 0.2) is 30.3 Å². The fraction of sp³-hybridized carbons (Fsp3) is 0.500. The van der Waals surface area contributed by atoms with Crippen molar-refractivity contribution in [1.82, 2.24) is 15.1 Å². The second kappa shape index (κ2) is 7.22. The predicted octanol–water partition coefficient (Wildman–Crippen LogP) is 0.855. The molecule has 1 aromatic carbocycles. The molecule has 1 aliphatic heterocycles. The van der Waals surface area contributed by atoms with Crippen LogP contribution in [-0.4, -0.2) is 54.3 Å². The van der Waals surface area contributed by atoms with Gasteiger partial charge in [-0.3, -0.25) is 9.59 Å². The molecule has 1 aromatic rings. The van der Waals surface area contributed by atoms with E-state index >= 15 is 0 Å². The van der Waals surface area contributed by atoms with E-state index in [1.54, 1.807) is 16.8 Å². The van der Waals surface area contributed by atoms with Gasteiger partial charge in [0.1, 0.15) is 0 Å². The van der Waals surface area contributed by atoms with Crippen molar-refractivity contribution in [2.45, 2.75) is 25.9 Å². The average Bonchev–Trinajstić information content (AvgIpc) is 2.50. The molecule has 1 fully saturated rings. The summed E-state index contributed by atoms with van der Waals surface area (Å²) in [5.74, 6) is 0.0212. The van der Waals surface area contributed by atoms with E-state index in [1.807, 2.05) is 37.3 Å². The first-order chi connectivity index (χ1) is 10.1. The van der Waals surface area contributed by atoms with Gasteiger partial charge < -0.3 is 15.1 Å². The predicted molar refractivity (Wildman–Crippen MR) is 81.6 cm³/mol. The highest BCUT2D eigenvalue weighted by Gasteiger charge is 2.29. The smallest absolute Gasteiger partial charge is 0.240 e. The Balaban J connectivity index is 1.90. The highest BCUT2D eigenvalue weighted by atomic mass is 16.2. The molecule has 5 heteroatoms. The summed E-state index contributed by atoms with van der Waals surface area (Å²) >= 11 is 0. The number of benzene rings is 1. The molecule has 2 rings (SSSR count). The van der Waals surface area contributed by atoms with Crippen molar-refractivity contribution in [3.05, 3.63) is 35.9 Å². The molecule has 0 radical (unpaired) electrons. The number of piperazine rings is 1. The molecule has 114 valence electrons. The van der Waals surface area contributed by atoms with Crippen LogP contribution >= 0.6 is 0 Å². The summed E-state index contributed by atoms with van der Waals surface area (Å²) in [6, 6.07) is 9.47. The van der Waals surface area contributed by atoms with E-state index in [4.69, 9.17) is 0 Å². The summed E-state index contributed by atoms with van der Waals surface area (Å²) in [6.07, 6.45) is 0.221. The second-order valence-corrected chi connectivity index (χ2v) is 5.36. The maximum Gasteiger partial charge on any atom is 0.240 e. The fourth-order valence-corrected chi connectivity index (χ4v) is 2.54. The van der Waals surface area contributed by atoms with Gasteiger partial charge in [0, 0.05) is 33.2 Å². The van der Waals surface area contributed by atoms with Gasteiger partial charge in [-0.25, -0.2) is 0 Å². The zero-order chi connectivity index (χ0) is 15.2. The van der Waals surface area contributed by atoms with Crippen molar-refractivity contribution < 1.29 is 9.59 Å². The lowest BCUT2D eigenvalue weighted by atomic mass is 10.1. The topological polar surface area (TPSA) is 52.7 Å². The van der Waals surface area contributed by atoms with E-state index < -0.39 is 0 Å². The Kier molecular flexibility index (Phi) is 5.33. The molecule has 1 saturated heterocycles. The van der Waals surface area contributed by atoms with E-state index in [0.717, 1.165) is 18.7 Å². The normalized spacial score (nSPS) is 18.7. The molecule has 0 bridgehead atoms. The molecule has 0 aliphatic carbocycles. The molecule has 1 aliphatic rings. The van der Waals surface area contributed by atoms with Gasteiger partial charge in [-0.15, -0.1) is 0 Å². The Labute approximate surface area is 125 Å². The van der Waals surface area contributed by atoms with Crippen LogP contribution in [-0.2, 0) is 16.1 Å². The molecule has 1 N–H and O–H groups in total. The number of rotatable bonds is 5. The molecule has 0 saturated carbocycles. The standard InChI is InChI=1S/C16H23N3O2/c1-3-19-10-9-17-14(16(19)21)11-15(20)18(2)12-13-7-5-4-6-8-13/h4-8,14,17H,3,9-12H2,1-2H3. The van der Waals surface area contributed by atoms with Gasteiger partial charge in [0.05, 0.1) is 12.5 Å². The van der Waals surface area contributed by atoms with Crippen LogP contribution in [0.5, 0.6) is 0 Å². The van der Waals surface area contributed by atoms with Crippen LogP contribution in [0.25, 0.3) is 0 Å². The van der Waals surface area contributed by atoms with Crippen molar-refractivity contribution in [2.24, 2.45) is 0 Å². The van der Waals surface area contributed by atoms with Crippen LogP contribution in [0.3, 0.4) is 0 Å². The SMILES string of the molecule is CCN1CCNC(CC(=O)N(C)Cc2ccccc2)C1=O. The first-order valence-corrected chi connectivity index (χ1v) is 7.42. The van der Waals surface area contributed by atoms with Crippen molar-refractivity contribution >= 4 is 11.8 Å². The Morgan fingerprint density at radius 3 is 2.76 bits per heavy atom. The molecule has 0 aromatic heterocycles. The van der Waals surface area contributed by atoms with Gasteiger partial charge in [0.15, 0.2) is 0 Å². The van der Waals surface area contributed by atoms with Crippen molar-refractivity contribution in [3.8, 4) is 0 Å². The minimum atomic E-state index is -0.385. The minimum absolute atomic E-state index is 0.0114. The Morgan fingerprint density at radius 1 is 1.38 bits per heavy atom. The highest BCUT2D eigenvalue weighted by Crippen LogP contribution is 2.09. The lowest BCUT2D eigenvalue weighted by Gasteiger charge is -2.32. The van der Waals surface area contributed by atoms with Crippen LogP contribution in [0.1, 0.15) is 18.9 Å². The van der Waals surface area contributed by atoms with Gasteiger partial charge >= 0.3 is 0 Å². The van der Waals surface area contributed by atoms with Crippen LogP contribution in [0, 0.1) is 0 Å². The van der Waals surface area contributed by atoms with Gasteiger partial charge in [0.2, 0.25) is 11.8 Å². The van der Waals surface area contributed by atoms with Crippen molar-refractivity contribution in [3.63, 3.8) is 0 Å². The largest absolute Gasteiger partial charge is 0.341 e. The second-order valence-electron chi connectivity index (χ2n) is 5.36. The van der Waals surface area contributed by atoms with Gasteiger partial charge in [-0.2, -0.15) is 0 Å². The third-order valence-corrected chi connectivity index (χ3v) is 3.83. The number of nitrogens with zero attached hydrogens (tertiary/aromatic N) is 2. The average molecular weight is 289 g/mol. The van der Waals surface area contributed by atoms with E-state index in [0.29, 0.717) is 13.1 Å². The van der Waals surface area contributed by atoms with Gasteiger partial charge in [-0.05, 0) is 12.5 Å². The van der Waals surface area contributed by atoms with Crippen LogP contribution in [0.4, 0.5) is 0 Å². The number of hydrogen-bond donors (Lipinski definition) is 1. The van der Waals surface area contributed by atoms with Crippen LogP contribution < -0.4 is 5.32 Å².